The Kier molecular flexibility index (Phi) is 4.68. The molecule has 0 amide bonds. The number of carbonyl (C=O) groups excluding carboxylic acids is 1. The lowest BCUT2D eigenvalue weighted by Crippen LogP contribution is -2.12. The third kappa shape index (κ3) is 2.97. The van der Waals surface area contributed by atoms with Crippen molar-refractivity contribution >= 4 is 49.0 Å². The summed E-state index contributed by atoms with van der Waals surface area (Å²) in [5.41, 5.74) is 0.158. The van der Waals surface area contributed by atoms with Crippen LogP contribution in [0.4, 0.5) is 8.78 Å². The maximum atomic E-state index is 13.7. The van der Waals surface area contributed by atoms with E-state index >= 15 is 0 Å². The van der Waals surface area contributed by atoms with Gasteiger partial charge in [-0.25, -0.2) is 8.78 Å². The second-order valence-electron chi connectivity index (χ2n) is 3.83. The standard InChI is InChI=1S/C13H5Br2F2NOS/c14-11-4-8(13(15)20-11)12(19)9(5-18)7-2-1-6(16)3-10(7)17/h1-4,9H. The molecular formula is C13H5Br2F2NOS. The molecule has 0 aliphatic carbocycles. The van der Waals surface area contributed by atoms with Gasteiger partial charge in [0.2, 0.25) is 0 Å². The number of ketones is 1. The summed E-state index contributed by atoms with van der Waals surface area (Å²) in [6, 6.07) is 6.13. The highest BCUT2D eigenvalue weighted by molar-refractivity contribution is 9.12. The van der Waals surface area contributed by atoms with E-state index < -0.39 is 23.3 Å². The van der Waals surface area contributed by atoms with E-state index in [9.17, 15) is 13.6 Å². The molecule has 7 heteroatoms. The molecule has 1 aromatic carbocycles. The first-order chi connectivity index (χ1) is 9.43. The van der Waals surface area contributed by atoms with E-state index in [1.165, 1.54) is 11.3 Å². The Morgan fingerprint density at radius 2 is 2.00 bits per heavy atom. The average Bonchev–Trinajstić information content (AvgIpc) is 2.71. The molecule has 0 saturated carbocycles. The van der Waals surface area contributed by atoms with Crippen molar-refractivity contribution in [2.45, 2.75) is 5.92 Å². The largest absolute Gasteiger partial charge is 0.292 e. The van der Waals surface area contributed by atoms with E-state index in [2.05, 4.69) is 31.9 Å². The summed E-state index contributed by atoms with van der Waals surface area (Å²) in [5.74, 6) is -3.51. The lowest BCUT2D eigenvalue weighted by atomic mass is 9.92. The summed E-state index contributed by atoms with van der Waals surface area (Å²) < 4.78 is 27.9. The number of halogens is 4. The van der Waals surface area contributed by atoms with Gasteiger partial charge in [-0.15, -0.1) is 11.3 Å². The number of hydrogen-bond acceptors (Lipinski definition) is 3. The Hall–Kier alpha value is -1.10. The number of Topliss-reactive ketones (excluding diaryl/α,β-unsaturated/α-hetero) is 1. The van der Waals surface area contributed by atoms with E-state index in [0.29, 0.717) is 13.6 Å². The molecule has 1 heterocycles. The van der Waals surface area contributed by atoms with Crippen LogP contribution in [-0.4, -0.2) is 5.78 Å². The van der Waals surface area contributed by atoms with Gasteiger partial charge in [0.05, 0.1) is 13.6 Å². The third-order valence-corrected chi connectivity index (χ3v) is 4.93. The van der Waals surface area contributed by atoms with Gasteiger partial charge < -0.3 is 0 Å². The number of nitriles is 1. The molecule has 0 aliphatic heterocycles. The van der Waals surface area contributed by atoms with Crippen LogP contribution in [0.3, 0.4) is 0 Å². The van der Waals surface area contributed by atoms with Crippen LogP contribution in [0, 0.1) is 23.0 Å². The molecule has 2 nitrogen and oxygen atoms in total. The SMILES string of the molecule is N#CC(C(=O)c1cc(Br)sc1Br)c1ccc(F)cc1F. The van der Waals surface area contributed by atoms with Crippen LogP contribution in [0.5, 0.6) is 0 Å². The first-order valence-electron chi connectivity index (χ1n) is 5.27. The highest BCUT2D eigenvalue weighted by Gasteiger charge is 2.27. The van der Waals surface area contributed by atoms with Crippen molar-refractivity contribution in [2.24, 2.45) is 0 Å². The minimum atomic E-state index is -1.31. The molecule has 1 aromatic heterocycles. The Bertz CT molecular complexity index is 724. The lowest BCUT2D eigenvalue weighted by molar-refractivity contribution is 0.0977. The fourth-order valence-corrected chi connectivity index (χ4v) is 4.49. The molecule has 1 unspecified atom stereocenters. The second-order valence-corrected chi connectivity index (χ2v) is 7.58. The van der Waals surface area contributed by atoms with Crippen molar-refractivity contribution in [1.82, 2.24) is 0 Å². The van der Waals surface area contributed by atoms with Gasteiger partial charge in [-0.05, 0) is 44.0 Å². The Labute approximate surface area is 134 Å². The topological polar surface area (TPSA) is 40.9 Å². The lowest BCUT2D eigenvalue weighted by Gasteiger charge is -2.09. The summed E-state index contributed by atoms with van der Waals surface area (Å²) in [7, 11) is 0. The normalized spacial score (nSPS) is 11.9. The number of thiophene rings is 1. The molecule has 1 atom stereocenters. The maximum Gasteiger partial charge on any atom is 0.186 e. The van der Waals surface area contributed by atoms with E-state index in [1.54, 1.807) is 12.1 Å². The van der Waals surface area contributed by atoms with E-state index in [-0.39, 0.29) is 11.1 Å². The minimum absolute atomic E-state index is 0.131. The number of nitrogens with zero attached hydrogens (tertiary/aromatic N) is 1. The smallest absolute Gasteiger partial charge is 0.186 e. The average molecular weight is 421 g/mol. The zero-order chi connectivity index (χ0) is 14.9. The molecule has 0 N–H and O–H groups in total. The van der Waals surface area contributed by atoms with Gasteiger partial charge in [-0.1, -0.05) is 6.07 Å². The van der Waals surface area contributed by atoms with Crippen molar-refractivity contribution in [2.75, 3.05) is 0 Å². The van der Waals surface area contributed by atoms with Gasteiger partial charge in [0.15, 0.2) is 5.78 Å². The fraction of sp³-hybridized carbons (Fsp3) is 0.0769. The number of carbonyl (C=O) groups is 1. The molecule has 0 fully saturated rings. The first-order valence-corrected chi connectivity index (χ1v) is 7.68. The first kappa shape index (κ1) is 15.3. The van der Waals surface area contributed by atoms with Crippen LogP contribution in [0.15, 0.2) is 31.8 Å². The monoisotopic (exact) mass is 419 g/mol. The predicted octanol–water partition coefficient (Wildman–Crippen LogP) is 5.04. The molecule has 0 saturated heterocycles. The molecule has 2 rings (SSSR count). The summed E-state index contributed by atoms with van der Waals surface area (Å²) in [5, 5.41) is 9.15. The molecule has 102 valence electrons. The van der Waals surface area contributed by atoms with Crippen LogP contribution in [0.25, 0.3) is 0 Å². The summed E-state index contributed by atoms with van der Waals surface area (Å²) >= 11 is 7.73. The minimum Gasteiger partial charge on any atom is -0.292 e. The van der Waals surface area contributed by atoms with Crippen LogP contribution < -0.4 is 0 Å². The predicted molar refractivity (Wildman–Crippen MR) is 78.8 cm³/mol. The number of hydrogen-bond donors (Lipinski definition) is 0. The van der Waals surface area contributed by atoms with Crippen LogP contribution in [0.1, 0.15) is 21.8 Å². The maximum absolute atomic E-state index is 13.7. The zero-order valence-corrected chi connectivity index (χ0v) is 13.7. The highest BCUT2D eigenvalue weighted by Crippen LogP contribution is 2.35. The van der Waals surface area contributed by atoms with Gasteiger partial charge in [-0.2, -0.15) is 5.26 Å². The van der Waals surface area contributed by atoms with Crippen LogP contribution >= 0.6 is 43.2 Å². The van der Waals surface area contributed by atoms with Crippen molar-refractivity contribution in [3.63, 3.8) is 0 Å². The Morgan fingerprint density at radius 1 is 1.30 bits per heavy atom. The summed E-state index contributed by atoms with van der Waals surface area (Å²) in [6.45, 7) is 0. The molecule has 20 heavy (non-hydrogen) atoms. The molecule has 2 aromatic rings. The van der Waals surface area contributed by atoms with Crippen molar-refractivity contribution in [3.05, 3.63) is 54.6 Å². The molecular weight excluding hydrogens is 416 g/mol. The zero-order valence-electron chi connectivity index (χ0n) is 9.66. The van der Waals surface area contributed by atoms with Gasteiger partial charge in [-0.3, -0.25) is 4.79 Å². The fourth-order valence-electron chi connectivity index (χ4n) is 1.67. The van der Waals surface area contributed by atoms with Gasteiger partial charge >= 0.3 is 0 Å². The van der Waals surface area contributed by atoms with Crippen LogP contribution in [-0.2, 0) is 0 Å². The molecule has 0 spiro atoms. The van der Waals surface area contributed by atoms with Gasteiger partial charge in [0.1, 0.15) is 17.6 Å². The highest BCUT2D eigenvalue weighted by atomic mass is 79.9. The second kappa shape index (κ2) is 6.12. The van der Waals surface area contributed by atoms with Crippen LogP contribution in [0.2, 0.25) is 0 Å². The van der Waals surface area contributed by atoms with Crippen molar-refractivity contribution < 1.29 is 13.6 Å². The van der Waals surface area contributed by atoms with Crippen molar-refractivity contribution in [1.29, 1.82) is 5.26 Å². The van der Waals surface area contributed by atoms with Gasteiger partial charge in [0.25, 0.3) is 0 Å². The molecule has 0 aliphatic rings. The third-order valence-electron chi connectivity index (χ3n) is 2.59. The van der Waals surface area contributed by atoms with Gasteiger partial charge in [0, 0.05) is 17.2 Å². The Morgan fingerprint density at radius 3 is 2.50 bits per heavy atom. The van der Waals surface area contributed by atoms with E-state index in [4.69, 9.17) is 5.26 Å². The number of rotatable bonds is 3. The quantitative estimate of drug-likeness (QED) is 0.652. The summed E-state index contributed by atoms with van der Waals surface area (Å²) in [4.78, 5) is 12.3. The summed E-state index contributed by atoms with van der Waals surface area (Å²) in [6.07, 6.45) is 0. The molecule has 0 bridgehead atoms. The van der Waals surface area contributed by atoms with E-state index in [0.717, 1.165) is 12.1 Å². The number of benzene rings is 1. The molecule has 0 radical (unpaired) electrons. The van der Waals surface area contributed by atoms with E-state index in [1.807, 2.05) is 0 Å². The Balaban J connectivity index is 2.45. The van der Waals surface area contributed by atoms with Crippen molar-refractivity contribution in [3.8, 4) is 6.07 Å².